The fourth-order valence-corrected chi connectivity index (χ4v) is 6.10. The van der Waals surface area contributed by atoms with Crippen LogP contribution in [0.3, 0.4) is 0 Å². The molecule has 0 radical (unpaired) electrons. The number of nitrogens with zero attached hydrogens (tertiary/aromatic N) is 1. The van der Waals surface area contributed by atoms with Crippen LogP contribution in [0.4, 0.5) is 10.8 Å². The van der Waals surface area contributed by atoms with Gasteiger partial charge in [-0.25, -0.2) is 4.98 Å². The number of hydrogen-bond acceptors (Lipinski definition) is 6. The number of amides is 3. The Hall–Kier alpha value is -4.12. The SMILES string of the molecule is O=C(CSc1cccc(NC(=O)/C(=C\c2cccc(Cl)c2Cl)NC(=O)c2ccccc2)c1)Nc1nc(-c2ccccc2Cl)cs1. The molecule has 0 unspecified atom stereocenters. The monoisotopic (exact) mass is 692 g/mol. The summed E-state index contributed by atoms with van der Waals surface area (Å²) in [4.78, 5) is 44.3. The number of carbonyl (C=O) groups is 3. The molecule has 0 spiro atoms. The second-order valence-corrected chi connectivity index (χ2v) is 12.5. The second kappa shape index (κ2) is 15.2. The summed E-state index contributed by atoms with van der Waals surface area (Å²) >= 11 is 21.4. The van der Waals surface area contributed by atoms with Crippen molar-refractivity contribution in [2.75, 3.05) is 16.4 Å². The fourth-order valence-electron chi connectivity index (χ4n) is 4.02. The highest BCUT2D eigenvalue weighted by molar-refractivity contribution is 8.00. The number of anilines is 2. The molecule has 1 heterocycles. The summed E-state index contributed by atoms with van der Waals surface area (Å²) in [6.07, 6.45) is 1.46. The number of thiazole rings is 1. The number of hydrogen-bond donors (Lipinski definition) is 3. The number of benzene rings is 4. The van der Waals surface area contributed by atoms with Crippen LogP contribution >= 0.6 is 57.9 Å². The molecule has 3 amide bonds. The molecular formula is C33H23Cl3N4O3S2. The zero-order valence-corrected chi connectivity index (χ0v) is 27.1. The van der Waals surface area contributed by atoms with Gasteiger partial charge in [0.2, 0.25) is 5.91 Å². The molecule has 45 heavy (non-hydrogen) atoms. The molecule has 1 aromatic heterocycles. The Morgan fingerprint density at radius 2 is 1.56 bits per heavy atom. The van der Waals surface area contributed by atoms with E-state index in [1.54, 1.807) is 72.8 Å². The molecule has 0 bridgehead atoms. The standard InChI is InChI=1S/C33H23Cl3N4O3S2/c34-25-14-5-4-13-24(25)28-18-45-33(39-28)40-29(41)19-44-23-12-7-11-22(17-23)37-32(43)27(16-21-10-6-15-26(35)30(21)36)38-31(42)20-8-2-1-3-9-20/h1-18H,19H2,(H,37,43)(H,38,42)(H,39,40,41)/b27-16+. The molecule has 12 heteroatoms. The van der Waals surface area contributed by atoms with Crippen LogP contribution < -0.4 is 16.0 Å². The van der Waals surface area contributed by atoms with E-state index in [-0.39, 0.29) is 22.4 Å². The average molecular weight is 694 g/mol. The van der Waals surface area contributed by atoms with Crippen LogP contribution in [0, 0.1) is 0 Å². The van der Waals surface area contributed by atoms with Crippen LogP contribution in [0.25, 0.3) is 17.3 Å². The Morgan fingerprint density at radius 3 is 2.36 bits per heavy atom. The van der Waals surface area contributed by atoms with Crippen molar-refractivity contribution in [2.24, 2.45) is 0 Å². The van der Waals surface area contributed by atoms with Gasteiger partial charge < -0.3 is 16.0 Å². The Morgan fingerprint density at radius 1 is 0.822 bits per heavy atom. The summed E-state index contributed by atoms with van der Waals surface area (Å²) in [5.41, 5.74) is 2.73. The minimum atomic E-state index is -0.576. The molecule has 0 atom stereocenters. The zero-order valence-electron chi connectivity index (χ0n) is 23.2. The van der Waals surface area contributed by atoms with Crippen LogP contribution in [0.5, 0.6) is 0 Å². The van der Waals surface area contributed by atoms with Crippen molar-refractivity contribution < 1.29 is 14.4 Å². The summed E-state index contributed by atoms with van der Waals surface area (Å²) < 4.78 is 0. The van der Waals surface area contributed by atoms with Crippen LogP contribution in [0.15, 0.2) is 113 Å². The molecule has 226 valence electrons. The maximum atomic E-state index is 13.4. The van der Waals surface area contributed by atoms with Gasteiger partial charge in [-0.15, -0.1) is 23.1 Å². The lowest BCUT2D eigenvalue weighted by Gasteiger charge is -2.13. The maximum absolute atomic E-state index is 13.4. The zero-order chi connectivity index (χ0) is 31.8. The minimum Gasteiger partial charge on any atom is -0.321 e. The fraction of sp³-hybridized carbons (Fsp3) is 0.0303. The Balaban J connectivity index is 1.25. The quantitative estimate of drug-likeness (QED) is 0.100. The van der Waals surface area contributed by atoms with Crippen molar-refractivity contribution >= 4 is 92.5 Å². The van der Waals surface area contributed by atoms with E-state index in [1.165, 1.54) is 29.2 Å². The van der Waals surface area contributed by atoms with Crippen LogP contribution in [0.1, 0.15) is 15.9 Å². The van der Waals surface area contributed by atoms with Crippen molar-refractivity contribution in [2.45, 2.75) is 4.90 Å². The van der Waals surface area contributed by atoms with Crippen molar-refractivity contribution in [3.63, 3.8) is 0 Å². The first-order valence-corrected chi connectivity index (χ1v) is 16.3. The predicted molar refractivity (Wildman–Crippen MR) is 185 cm³/mol. The third kappa shape index (κ3) is 8.75. The van der Waals surface area contributed by atoms with E-state index in [0.29, 0.717) is 37.7 Å². The molecule has 0 fully saturated rings. The van der Waals surface area contributed by atoms with Gasteiger partial charge in [0, 0.05) is 32.1 Å². The lowest BCUT2D eigenvalue weighted by atomic mass is 10.1. The van der Waals surface area contributed by atoms with E-state index in [9.17, 15) is 14.4 Å². The molecule has 0 aliphatic rings. The van der Waals surface area contributed by atoms with Crippen molar-refractivity contribution in [3.8, 4) is 11.3 Å². The topological polar surface area (TPSA) is 100 Å². The maximum Gasteiger partial charge on any atom is 0.272 e. The number of nitrogens with one attached hydrogen (secondary N) is 3. The van der Waals surface area contributed by atoms with Gasteiger partial charge in [0.15, 0.2) is 5.13 Å². The molecule has 5 rings (SSSR count). The highest BCUT2D eigenvalue weighted by atomic mass is 35.5. The molecular weight excluding hydrogens is 671 g/mol. The van der Waals surface area contributed by atoms with Gasteiger partial charge >= 0.3 is 0 Å². The summed E-state index contributed by atoms with van der Waals surface area (Å²) in [6, 6.07) is 27.9. The van der Waals surface area contributed by atoms with E-state index in [2.05, 4.69) is 20.9 Å². The molecule has 0 aliphatic carbocycles. The first-order valence-electron chi connectivity index (χ1n) is 13.3. The van der Waals surface area contributed by atoms with Crippen molar-refractivity contribution in [1.29, 1.82) is 0 Å². The van der Waals surface area contributed by atoms with E-state index >= 15 is 0 Å². The van der Waals surface area contributed by atoms with Gasteiger partial charge in [-0.1, -0.05) is 89.4 Å². The molecule has 0 saturated carbocycles. The van der Waals surface area contributed by atoms with Gasteiger partial charge in [0.1, 0.15) is 5.70 Å². The van der Waals surface area contributed by atoms with Crippen LogP contribution in [0.2, 0.25) is 15.1 Å². The molecule has 3 N–H and O–H groups in total. The Bertz CT molecular complexity index is 1900. The highest BCUT2D eigenvalue weighted by Gasteiger charge is 2.17. The molecule has 0 saturated heterocycles. The van der Waals surface area contributed by atoms with Gasteiger partial charge in [0.05, 0.1) is 21.5 Å². The smallest absolute Gasteiger partial charge is 0.272 e. The number of thioether (sulfide) groups is 1. The third-order valence-electron chi connectivity index (χ3n) is 6.17. The number of carbonyl (C=O) groups excluding carboxylic acids is 3. The lowest BCUT2D eigenvalue weighted by molar-refractivity contribution is -0.114. The van der Waals surface area contributed by atoms with Crippen LogP contribution in [-0.2, 0) is 9.59 Å². The van der Waals surface area contributed by atoms with E-state index in [4.69, 9.17) is 34.8 Å². The largest absolute Gasteiger partial charge is 0.321 e. The summed E-state index contributed by atoms with van der Waals surface area (Å²) in [6.45, 7) is 0. The van der Waals surface area contributed by atoms with Crippen molar-refractivity contribution in [3.05, 3.63) is 134 Å². The molecule has 7 nitrogen and oxygen atoms in total. The van der Waals surface area contributed by atoms with Gasteiger partial charge in [0.25, 0.3) is 11.8 Å². The molecule has 0 aliphatic heterocycles. The molecule has 5 aromatic rings. The minimum absolute atomic E-state index is 0.0370. The van der Waals surface area contributed by atoms with Crippen LogP contribution in [-0.4, -0.2) is 28.5 Å². The van der Waals surface area contributed by atoms with Gasteiger partial charge in [-0.3, -0.25) is 14.4 Å². The normalized spacial score (nSPS) is 11.1. The highest BCUT2D eigenvalue weighted by Crippen LogP contribution is 2.31. The van der Waals surface area contributed by atoms with E-state index in [1.807, 2.05) is 29.6 Å². The third-order valence-corrected chi connectivity index (χ3v) is 9.09. The summed E-state index contributed by atoms with van der Waals surface area (Å²) in [5.74, 6) is -1.16. The molecule has 4 aromatic carbocycles. The van der Waals surface area contributed by atoms with E-state index < -0.39 is 11.8 Å². The lowest BCUT2D eigenvalue weighted by Crippen LogP contribution is -2.30. The summed E-state index contributed by atoms with van der Waals surface area (Å²) in [7, 11) is 0. The van der Waals surface area contributed by atoms with E-state index in [0.717, 1.165) is 10.5 Å². The number of aromatic nitrogens is 1. The number of halogens is 3. The second-order valence-electron chi connectivity index (χ2n) is 9.36. The Labute approximate surface area is 282 Å². The van der Waals surface area contributed by atoms with Crippen molar-refractivity contribution in [1.82, 2.24) is 10.3 Å². The Kier molecular flexibility index (Phi) is 10.9. The first-order chi connectivity index (χ1) is 21.8. The van der Waals surface area contributed by atoms with Gasteiger partial charge in [-0.2, -0.15) is 0 Å². The number of rotatable bonds is 10. The first kappa shape index (κ1) is 32.3. The predicted octanol–water partition coefficient (Wildman–Crippen LogP) is 8.91. The average Bonchev–Trinajstić information content (AvgIpc) is 3.50. The summed E-state index contributed by atoms with van der Waals surface area (Å²) in [5, 5.41) is 11.7. The van der Waals surface area contributed by atoms with Gasteiger partial charge in [-0.05, 0) is 54.1 Å².